The molecule has 0 radical (unpaired) electrons. The molecular weight excluding hydrogens is 505 g/mol. The number of fused-ring (bicyclic) bond motifs is 2. The van der Waals surface area contributed by atoms with Crippen LogP contribution in [0.4, 0.5) is 11.4 Å². The molecule has 1 N–H and O–H groups in total. The average molecular weight is 528 g/mol. The van der Waals surface area contributed by atoms with Crippen molar-refractivity contribution >= 4 is 64.5 Å². The van der Waals surface area contributed by atoms with Crippen LogP contribution < -0.4 is 0 Å². The number of benzene rings is 4. The summed E-state index contributed by atoms with van der Waals surface area (Å²) in [6.45, 7) is 4.07. The van der Waals surface area contributed by atoms with Gasteiger partial charge in [-0.05, 0) is 55.0 Å². The van der Waals surface area contributed by atoms with E-state index < -0.39 is 0 Å². The predicted molar refractivity (Wildman–Crippen MR) is 144 cm³/mol. The van der Waals surface area contributed by atoms with Gasteiger partial charge in [-0.3, -0.25) is 9.98 Å². The van der Waals surface area contributed by atoms with E-state index in [1.54, 1.807) is 0 Å². The zero-order valence-electron chi connectivity index (χ0n) is 18.7. The van der Waals surface area contributed by atoms with Gasteiger partial charge in [-0.25, -0.2) is 0 Å². The van der Waals surface area contributed by atoms with E-state index in [4.69, 9.17) is 30.2 Å². The fraction of sp³-hybridized carbons (Fsp3) is 0.0714. The Morgan fingerprint density at radius 3 is 1.68 bits per heavy atom. The SMILES string of the molecule is CC(=Nc1ccccc1)c1ccc(C(C)=Nc2c3ccccc3cc3ccccc23)[nH]1.[Cl][Fe][Cl]. The van der Waals surface area contributed by atoms with Gasteiger partial charge in [0.1, 0.15) is 0 Å². The van der Waals surface area contributed by atoms with E-state index in [1.807, 2.05) is 37.3 Å². The zero-order valence-corrected chi connectivity index (χ0v) is 21.4. The van der Waals surface area contributed by atoms with Crippen LogP contribution in [0.3, 0.4) is 0 Å². The third-order valence-corrected chi connectivity index (χ3v) is 5.54. The first-order valence-corrected chi connectivity index (χ1v) is 13.8. The van der Waals surface area contributed by atoms with Crippen LogP contribution in [-0.4, -0.2) is 16.4 Å². The molecule has 0 aliphatic heterocycles. The van der Waals surface area contributed by atoms with Crippen LogP contribution in [0.15, 0.2) is 107 Å². The molecule has 1 heterocycles. The van der Waals surface area contributed by atoms with Gasteiger partial charge in [-0.15, -0.1) is 0 Å². The first kappa shape index (κ1) is 24.3. The standard InChI is InChI=1S/C28H23N3.2ClH.Fe/c1-19(29-23-12-4-3-5-13-23)26-16-17-27(31-26)20(2)30-28-24-14-8-6-10-21(24)18-22-11-7-9-15-25(22)28;;;/h3-18,31H,1-2H3;2*1H;/q;;;+2/p-2. The molecule has 0 amide bonds. The third-order valence-electron chi connectivity index (χ3n) is 5.54. The number of nitrogens with one attached hydrogen (secondary N) is 1. The number of aliphatic imine (C=N–C) groups is 2. The molecule has 5 rings (SSSR count). The molecule has 0 bridgehead atoms. The molecule has 0 atom stereocenters. The van der Waals surface area contributed by atoms with E-state index in [9.17, 15) is 0 Å². The quantitative estimate of drug-likeness (QED) is 0.137. The number of hydrogen-bond donors (Lipinski definition) is 1. The summed E-state index contributed by atoms with van der Waals surface area (Å²) >= 11 is 0.194. The normalized spacial score (nSPS) is 12.1. The Labute approximate surface area is 214 Å². The molecule has 0 saturated carbocycles. The van der Waals surface area contributed by atoms with Crippen molar-refractivity contribution in [2.24, 2.45) is 9.98 Å². The van der Waals surface area contributed by atoms with Crippen molar-refractivity contribution in [3.63, 3.8) is 0 Å². The first-order valence-electron chi connectivity index (χ1n) is 10.7. The van der Waals surface area contributed by atoms with Gasteiger partial charge in [0.15, 0.2) is 0 Å². The monoisotopic (exact) mass is 527 g/mol. The zero-order chi connectivity index (χ0) is 23.9. The van der Waals surface area contributed by atoms with E-state index in [2.05, 4.69) is 78.6 Å². The minimum atomic E-state index is 0.194. The van der Waals surface area contributed by atoms with Crippen LogP contribution >= 0.6 is 20.2 Å². The number of aromatic amines is 1. The molecule has 34 heavy (non-hydrogen) atoms. The Morgan fingerprint density at radius 2 is 1.12 bits per heavy atom. The molecule has 5 aromatic rings. The van der Waals surface area contributed by atoms with Crippen molar-refractivity contribution < 1.29 is 13.1 Å². The molecule has 0 aliphatic carbocycles. The predicted octanol–water partition coefficient (Wildman–Crippen LogP) is 8.98. The fourth-order valence-electron chi connectivity index (χ4n) is 3.91. The molecule has 0 saturated heterocycles. The van der Waals surface area contributed by atoms with E-state index in [0.717, 1.165) is 45.0 Å². The van der Waals surface area contributed by atoms with Crippen molar-refractivity contribution in [1.82, 2.24) is 4.98 Å². The van der Waals surface area contributed by atoms with Crippen LogP contribution in [0.2, 0.25) is 0 Å². The maximum absolute atomic E-state index is 5.09. The van der Waals surface area contributed by atoms with Gasteiger partial charge in [0.25, 0.3) is 0 Å². The molecule has 1 aromatic heterocycles. The van der Waals surface area contributed by atoms with Crippen LogP contribution in [-0.2, 0) is 13.1 Å². The van der Waals surface area contributed by atoms with Crippen LogP contribution in [0.1, 0.15) is 25.2 Å². The summed E-state index contributed by atoms with van der Waals surface area (Å²) in [4.78, 5) is 13.3. The van der Waals surface area contributed by atoms with Crippen molar-refractivity contribution in [2.45, 2.75) is 13.8 Å². The molecule has 0 aliphatic rings. The molecule has 6 heteroatoms. The fourth-order valence-corrected chi connectivity index (χ4v) is 3.91. The number of nitrogens with zero attached hydrogens (tertiary/aromatic N) is 2. The van der Waals surface area contributed by atoms with Crippen molar-refractivity contribution in [1.29, 1.82) is 0 Å². The first-order chi connectivity index (χ1) is 16.6. The Balaban J connectivity index is 0.000000868. The second kappa shape index (κ2) is 11.5. The Bertz CT molecular complexity index is 1420. The van der Waals surface area contributed by atoms with Gasteiger partial charge in [-0.2, -0.15) is 0 Å². The number of hydrogen-bond acceptors (Lipinski definition) is 2. The number of aromatic nitrogens is 1. The van der Waals surface area contributed by atoms with Gasteiger partial charge in [0.2, 0.25) is 0 Å². The summed E-state index contributed by atoms with van der Waals surface area (Å²) in [5, 5.41) is 4.72. The molecule has 0 spiro atoms. The summed E-state index contributed by atoms with van der Waals surface area (Å²) in [7, 11) is 9.53. The summed E-state index contributed by atoms with van der Waals surface area (Å²) in [5.74, 6) is 0. The summed E-state index contributed by atoms with van der Waals surface area (Å²) in [5.41, 5.74) is 5.84. The van der Waals surface area contributed by atoms with E-state index in [-0.39, 0.29) is 13.1 Å². The molecule has 0 fully saturated rings. The number of halogens is 2. The third kappa shape index (κ3) is 5.60. The molecule has 172 valence electrons. The second-order valence-corrected chi connectivity index (χ2v) is 9.56. The van der Waals surface area contributed by atoms with Gasteiger partial charge >= 0.3 is 33.3 Å². The van der Waals surface area contributed by atoms with Crippen molar-refractivity contribution in [3.05, 3.63) is 108 Å². The Kier molecular flexibility index (Phi) is 8.20. The van der Waals surface area contributed by atoms with Gasteiger partial charge in [0, 0.05) is 10.8 Å². The van der Waals surface area contributed by atoms with Gasteiger partial charge in [0.05, 0.1) is 34.2 Å². The Hall–Kier alpha value is -2.88. The number of rotatable bonds is 4. The number of H-pyrrole nitrogens is 1. The summed E-state index contributed by atoms with van der Waals surface area (Å²) < 4.78 is 0. The Morgan fingerprint density at radius 1 is 0.647 bits per heavy atom. The maximum atomic E-state index is 5.09. The van der Waals surface area contributed by atoms with Gasteiger partial charge < -0.3 is 4.98 Å². The summed E-state index contributed by atoms with van der Waals surface area (Å²) in [6.07, 6.45) is 0. The average Bonchev–Trinajstić information content (AvgIpc) is 3.36. The number of para-hydroxylation sites is 1. The topological polar surface area (TPSA) is 40.5 Å². The molecule has 3 nitrogen and oxygen atoms in total. The minimum absolute atomic E-state index is 0.194. The van der Waals surface area contributed by atoms with Gasteiger partial charge in [-0.1, -0.05) is 66.7 Å². The van der Waals surface area contributed by atoms with E-state index >= 15 is 0 Å². The molecular formula is C28H23Cl2FeN3. The molecule has 4 aromatic carbocycles. The van der Waals surface area contributed by atoms with Crippen LogP contribution in [0.5, 0.6) is 0 Å². The molecule has 0 unspecified atom stereocenters. The van der Waals surface area contributed by atoms with Crippen molar-refractivity contribution in [3.8, 4) is 0 Å². The van der Waals surface area contributed by atoms with Crippen molar-refractivity contribution in [2.75, 3.05) is 0 Å². The second-order valence-electron chi connectivity index (χ2n) is 7.73. The van der Waals surface area contributed by atoms with Crippen LogP contribution in [0.25, 0.3) is 21.5 Å². The van der Waals surface area contributed by atoms with Crippen LogP contribution in [0, 0.1) is 0 Å². The summed E-state index contributed by atoms with van der Waals surface area (Å²) in [6, 6.07) is 33.2. The van der Waals surface area contributed by atoms with E-state index in [0.29, 0.717) is 0 Å². The van der Waals surface area contributed by atoms with E-state index in [1.165, 1.54) is 10.8 Å².